The smallest absolute Gasteiger partial charge is 0.0776 e. The minimum atomic E-state index is -0.699. The summed E-state index contributed by atoms with van der Waals surface area (Å²) in [5, 5.41) is 0. The quantitative estimate of drug-likeness (QED) is 0.511. The molecule has 1 heterocycles. The van der Waals surface area contributed by atoms with Crippen LogP contribution < -0.4 is 0 Å². The molecule has 0 saturated carbocycles. The fourth-order valence-corrected chi connectivity index (χ4v) is 2.20. The van der Waals surface area contributed by atoms with Crippen LogP contribution in [0.3, 0.4) is 0 Å². The maximum absolute atomic E-state index is 14.7. The number of hydrogen-bond acceptors (Lipinski definition) is 2. The molecule has 2 nitrogen and oxygen atoms in total. The number of halogens is 2. The van der Waals surface area contributed by atoms with E-state index in [1.807, 2.05) is 6.92 Å². The van der Waals surface area contributed by atoms with E-state index in [1.54, 1.807) is 42.7 Å². The Hall–Kier alpha value is -1.97. The van der Waals surface area contributed by atoms with Gasteiger partial charge in [-0.15, -0.1) is 12.1 Å². The molecule has 0 N–H and O–H groups in total. The molecule has 0 aliphatic heterocycles. The maximum Gasteiger partial charge on any atom is 0.0776 e. The minimum absolute atomic E-state index is 0. The van der Waals surface area contributed by atoms with Gasteiger partial charge in [-0.1, -0.05) is 42.8 Å². The average molecular weight is 488 g/mol. The fourth-order valence-electron chi connectivity index (χ4n) is 2.20. The van der Waals surface area contributed by atoms with Gasteiger partial charge in [0.25, 0.3) is 0 Å². The van der Waals surface area contributed by atoms with Gasteiger partial charge in [0.05, 0.1) is 11.6 Å². The van der Waals surface area contributed by atoms with Crippen LogP contribution in [-0.2, 0) is 26.5 Å². The van der Waals surface area contributed by atoms with E-state index < -0.39 is 11.6 Å². The summed E-state index contributed by atoms with van der Waals surface area (Å²) < 4.78 is 28.8. The molecule has 0 unspecified atom stereocenters. The molecule has 0 bridgehead atoms. The van der Waals surface area contributed by atoms with Crippen molar-refractivity contribution in [3.8, 4) is 22.5 Å². The first-order valence-electron chi connectivity index (χ1n) is 6.97. The Balaban J connectivity index is 0.00000192. The molecular weight excluding hydrogens is 474 g/mol. The molecule has 0 fully saturated rings. The van der Waals surface area contributed by atoms with Gasteiger partial charge in [-0.25, -0.2) is 0 Å². The number of benzene rings is 2. The SMILES string of the molecule is CCc1cnc(-c2[c-]cc(F)c(-c3ccccc3)c2F)nc1.[Ir]. The predicted octanol–water partition coefficient (Wildman–Crippen LogP) is 4.45. The molecule has 0 aliphatic carbocycles. The van der Waals surface area contributed by atoms with Gasteiger partial charge < -0.3 is 0 Å². The van der Waals surface area contributed by atoms with Crippen molar-refractivity contribution in [2.75, 3.05) is 0 Å². The molecule has 119 valence electrons. The second kappa shape index (κ2) is 7.53. The monoisotopic (exact) mass is 488 g/mol. The Bertz CT molecular complexity index is 790. The topological polar surface area (TPSA) is 25.8 Å². The number of nitrogens with zero attached hydrogens (tertiary/aromatic N) is 2. The maximum atomic E-state index is 14.7. The second-order valence-corrected chi connectivity index (χ2v) is 4.84. The van der Waals surface area contributed by atoms with E-state index in [0.717, 1.165) is 18.1 Å². The first-order chi connectivity index (χ1) is 10.7. The van der Waals surface area contributed by atoms with Crippen LogP contribution in [0.2, 0.25) is 0 Å². The zero-order valence-electron chi connectivity index (χ0n) is 12.3. The Labute approximate surface area is 147 Å². The van der Waals surface area contributed by atoms with E-state index >= 15 is 0 Å². The molecule has 2 aromatic carbocycles. The number of aromatic nitrogens is 2. The molecular formula is C18H13F2IrN2-. The molecule has 0 spiro atoms. The zero-order valence-corrected chi connectivity index (χ0v) is 14.7. The van der Waals surface area contributed by atoms with Crippen molar-refractivity contribution >= 4 is 0 Å². The molecule has 1 radical (unpaired) electrons. The van der Waals surface area contributed by atoms with Crippen molar-refractivity contribution < 1.29 is 28.9 Å². The Morgan fingerprint density at radius 2 is 1.70 bits per heavy atom. The van der Waals surface area contributed by atoms with E-state index in [1.165, 1.54) is 0 Å². The molecule has 23 heavy (non-hydrogen) atoms. The molecule has 0 aliphatic rings. The molecule has 0 atom stereocenters. The first kappa shape index (κ1) is 17.4. The summed E-state index contributed by atoms with van der Waals surface area (Å²) in [6.45, 7) is 1.98. The van der Waals surface area contributed by atoms with E-state index in [4.69, 9.17) is 0 Å². The largest absolute Gasteiger partial charge is 0.285 e. The number of hydrogen-bond donors (Lipinski definition) is 0. The van der Waals surface area contributed by atoms with Crippen molar-refractivity contribution in [3.05, 3.63) is 72.1 Å². The summed E-state index contributed by atoms with van der Waals surface area (Å²) in [7, 11) is 0. The summed E-state index contributed by atoms with van der Waals surface area (Å²) >= 11 is 0. The fraction of sp³-hybridized carbons (Fsp3) is 0.111. The molecule has 1 aromatic heterocycles. The zero-order chi connectivity index (χ0) is 15.5. The van der Waals surface area contributed by atoms with Crippen molar-refractivity contribution in [1.82, 2.24) is 9.97 Å². The third kappa shape index (κ3) is 3.52. The first-order valence-corrected chi connectivity index (χ1v) is 6.97. The van der Waals surface area contributed by atoms with Crippen LogP contribution in [0.15, 0.2) is 48.8 Å². The summed E-state index contributed by atoms with van der Waals surface area (Å²) in [6, 6.07) is 12.3. The second-order valence-electron chi connectivity index (χ2n) is 4.84. The van der Waals surface area contributed by atoms with Gasteiger partial charge in [0.15, 0.2) is 0 Å². The number of aryl methyl sites for hydroxylation is 1. The Kier molecular flexibility index (Phi) is 5.69. The van der Waals surface area contributed by atoms with Crippen LogP contribution in [-0.4, -0.2) is 9.97 Å². The van der Waals surface area contributed by atoms with E-state index in [0.29, 0.717) is 5.56 Å². The molecule has 3 rings (SSSR count). The van der Waals surface area contributed by atoms with Gasteiger partial charge in [0.1, 0.15) is 0 Å². The predicted molar refractivity (Wildman–Crippen MR) is 81.0 cm³/mol. The van der Waals surface area contributed by atoms with Crippen molar-refractivity contribution in [2.45, 2.75) is 13.3 Å². The van der Waals surface area contributed by atoms with E-state index in [9.17, 15) is 8.78 Å². The van der Waals surface area contributed by atoms with Crippen LogP contribution in [0.4, 0.5) is 8.78 Å². The van der Waals surface area contributed by atoms with Crippen LogP contribution in [0.25, 0.3) is 22.5 Å². The van der Waals surface area contributed by atoms with Gasteiger partial charge in [0, 0.05) is 38.3 Å². The van der Waals surface area contributed by atoms with Gasteiger partial charge in [-0.05, 0) is 23.1 Å². The summed E-state index contributed by atoms with van der Waals surface area (Å²) in [6.07, 6.45) is 4.08. The van der Waals surface area contributed by atoms with Crippen molar-refractivity contribution in [3.63, 3.8) is 0 Å². The summed E-state index contributed by atoms with van der Waals surface area (Å²) in [5.74, 6) is -1.15. The van der Waals surface area contributed by atoms with Crippen LogP contribution in [0, 0.1) is 17.7 Å². The average Bonchev–Trinajstić information content (AvgIpc) is 2.56. The minimum Gasteiger partial charge on any atom is -0.285 e. The molecule has 0 saturated heterocycles. The Morgan fingerprint density at radius 3 is 2.30 bits per heavy atom. The van der Waals surface area contributed by atoms with Gasteiger partial charge in [-0.3, -0.25) is 18.7 Å². The molecule has 5 heteroatoms. The van der Waals surface area contributed by atoms with Crippen LogP contribution in [0.5, 0.6) is 0 Å². The molecule has 3 aromatic rings. The molecule has 0 amide bonds. The van der Waals surface area contributed by atoms with Crippen molar-refractivity contribution in [1.29, 1.82) is 0 Å². The van der Waals surface area contributed by atoms with Gasteiger partial charge in [-0.2, -0.15) is 0 Å². The summed E-state index contributed by atoms with van der Waals surface area (Å²) in [4.78, 5) is 8.28. The van der Waals surface area contributed by atoms with Crippen molar-refractivity contribution in [2.24, 2.45) is 0 Å². The van der Waals surface area contributed by atoms with Gasteiger partial charge >= 0.3 is 0 Å². The van der Waals surface area contributed by atoms with Gasteiger partial charge in [0.2, 0.25) is 0 Å². The standard InChI is InChI=1S/C18H13F2N2.Ir/c1-2-12-10-21-18(22-11-12)14-8-9-15(19)16(17(14)20)13-6-4-3-5-7-13;/h3-7,9-11H,2H2,1H3;/q-1;. The Morgan fingerprint density at radius 1 is 1.04 bits per heavy atom. The number of rotatable bonds is 3. The normalized spacial score (nSPS) is 10.2. The summed E-state index contributed by atoms with van der Waals surface area (Å²) in [5.41, 5.74) is 1.41. The third-order valence-corrected chi connectivity index (χ3v) is 3.42. The van der Waals surface area contributed by atoms with E-state index in [2.05, 4.69) is 16.0 Å². The van der Waals surface area contributed by atoms with Crippen LogP contribution >= 0.6 is 0 Å². The third-order valence-electron chi connectivity index (χ3n) is 3.42. The van der Waals surface area contributed by atoms with Crippen LogP contribution in [0.1, 0.15) is 12.5 Å². The van der Waals surface area contributed by atoms with E-state index in [-0.39, 0.29) is 37.1 Å².